The Morgan fingerprint density at radius 3 is 2.26 bits per heavy atom. The largest absolute Gasteiger partial charge is 0.509 e. The van der Waals surface area contributed by atoms with E-state index in [0.717, 1.165) is 11.1 Å². The van der Waals surface area contributed by atoms with E-state index in [1.807, 2.05) is 32.8 Å². The molecule has 0 radical (unpaired) electrons. The van der Waals surface area contributed by atoms with Gasteiger partial charge in [0.2, 0.25) is 5.82 Å². The minimum Gasteiger partial charge on any atom is -0.509 e. The summed E-state index contributed by atoms with van der Waals surface area (Å²) in [5, 5.41) is 15.9. The number of benzene rings is 2. The molecule has 0 bridgehead atoms. The zero-order valence-electron chi connectivity index (χ0n) is 29.2. The third-order valence-corrected chi connectivity index (χ3v) is 9.15. The van der Waals surface area contributed by atoms with Gasteiger partial charge in [0.25, 0.3) is 11.8 Å². The van der Waals surface area contributed by atoms with E-state index in [1.165, 1.54) is 24.2 Å². The van der Waals surface area contributed by atoms with Crippen molar-refractivity contribution in [2.75, 3.05) is 39.6 Å². The van der Waals surface area contributed by atoms with Crippen LogP contribution in [0.3, 0.4) is 0 Å². The number of hydrogen-bond acceptors (Lipinski definition) is 8. The van der Waals surface area contributed by atoms with Gasteiger partial charge in [-0.25, -0.2) is 19.4 Å². The molecule has 1 aliphatic carbocycles. The van der Waals surface area contributed by atoms with Gasteiger partial charge in [0, 0.05) is 30.1 Å². The number of halogens is 8. The summed E-state index contributed by atoms with van der Waals surface area (Å²) in [6.45, 7) is 3.82. The van der Waals surface area contributed by atoms with Gasteiger partial charge in [0.05, 0.1) is 35.6 Å². The topological polar surface area (TPSA) is 111 Å². The molecule has 2 heterocycles. The molecule has 1 fully saturated rings. The van der Waals surface area contributed by atoms with E-state index in [-0.39, 0.29) is 30.8 Å². The molecule has 2 amide bonds. The summed E-state index contributed by atoms with van der Waals surface area (Å²) in [7, 11) is 5.13. The first kappa shape index (κ1) is 39.4. The number of nitrogens with zero attached hydrogens (tertiary/aromatic N) is 5. The fraction of sp³-hybridized carbons (Fsp3) is 0.429. The van der Waals surface area contributed by atoms with E-state index >= 15 is 8.78 Å². The Labute approximate surface area is 299 Å². The molecule has 0 unspecified atom stereocenters. The lowest BCUT2D eigenvalue weighted by Crippen LogP contribution is -2.65. The van der Waals surface area contributed by atoms with E-state index in [2.05, 4.69) is 15.3 Å². The van der Waals surface area contributed by atoms with Crippen molar-refractivity contribution in [1.29, 1.82) is 0 Å². The molecule has 0 atom stereocenters. The first-order valence-corrected chi connectivity index (χ1v) is 16.2. The second-order valence-corrected chi connectivity index (χ2v) is 14.0. The zero-order chi connectivity index (χ0) is 39.3. The number of rotatable bonds is 10. The number of likely N-dealkylation sites (N-methyl/N-ethyl adjacent to an activating group) is 1. The minimum absolute atomic E-state index is 0.0562. The van der Waals surface area contributed by atoms with Crippen molar-refractivity contribution in [1.82, 2.24) is 24.9 Å². The molecule has 1 aromatic heterocycles. The number of aliphatic hydroxyl groups is 1. The zero-order valence-corrected chi connectivity index (χ0v) is 29.2. The second-order valence-electron chi connectivity index (χ2n) is 14.0. The number of aliphatic hydroxyl groups excluding tert-OH is 1. The third-order valence-electron chi connectivity index (χ3n) is 9.15. The van der Waals surface area contributed by atoms with Crippen molar-refractivity contribution in [3.05, 3.63) is 82.5 Å². The number of ether oxygens (including phenoxy) is 1. The number of carbonyl (C=O) groups is 2. The Bertz CT molecular complexity index is 1940. The van der Waals surface area contributed by atoms with Crippen LogP contribution < -0.4 is 10.1 Å². The van der Waals surface area contributed by atoms with Crippen molar-refractivity contribution in [2.24, 2.45) is 5.41 Å². The van der Waals surface area contributed by atoms with Crippen molar-refractivity contribution in [3.8, 4) is 17.0 Å². The van der Waals surface area contributed by atoms with E-state index in [9.17, 15) is 41.0 Å². The summed E-state index contributed by atoms with van der Waals surface area (Å²) in [5.41, 5.74) is -7.35. The van der Waals surface area contributed by atoms with Gasteiger partial charge in [0.15, 0.2) is 11.6 Å². The van der Waals surface area contributed by atoms with Crippen molar-refractivity contribution >= 4 is 17.5 Å². The Balaban J connectivity index is 1.48. The predicted octanol–water partition coefficient (Wildman–Crippen LogP) is 6.99. The molecule has 18 heteroatoms. The molecule has 1 spiro atoms. The van der Waals surface area contributed by atoms with Crippen LogP contribution in [0.5, 0.6) is 5.75 Å². The van der Waals surface area contributed by atoms with Gasteiger partial charge in [-0.15, -0.1) is 0 Å². The monoisotopic (exact) mass is 756 g/mol. The van der Waals surface area contributed by atoms with Gasteiger partial charge in [-0.3, -0.25) is 14.6 Å². The molecule has 1 aliphatic heterocycles. The Hall–Kier alpha value is -4.84. The highest BCUT2D eigenvalue weighted by Crippen LogP contribution is 2.47. The van der Waals surface area contributed by atoms with Crippen molar-refractivity contribution < 1.29 is 54.6 Å². The Kier molecular flexibility index (Phi) is 10.5. The van der Waals surface area contributed by atoms with Crippen LogP contribution in [-0.4, -0.2) is 81.6 Å². The predicted molar refractivity (Wildman–Crippen MR) is 175 cm³/mol. The minimum atomic E-state index is -4.99. The number of carbonyl (C=O) groups excluding carboxylic acids is 2. The lowest BCUT2D eigenvalue weighted by molar-refractivity contribution is -0.172. The molecule has 286 valence electrons. The van der Waals surface area contributed by atoms with E-state index in [0.29, 0.717) is 37.5 Å². The lowest BCUT2D eigenvalue weighted by atomic mass is 9.72. The number of nitrogens with one attached hydrogen (secondary N) is 1. The highest BCUT2D eigenvalue weighted by atomic mass is 19.4. The van der Waals surface area contributed by atoms with E-state index in [4.69, 9.17) is 4.74 Å². The van der Waals surface area contributed by atoms with Crippen LogP contribution in [0.1, 0.15) is 49.9 Å². The van der Waals surface area contributed by atoms with Gasteiger partial charge in [0.1, 0.15) is 23.4 Å². The average molecular weight is 757 g/mol. The number of anilines is 1. The fourth-order valence-electron chi connectivity index (χ4n) is 6.47. The van der Waals surface area contributed by atoms with Crippen LogP contribution in [0.4, 0.5) is 40.8 Å². The summed E-state index contributed by atoms with van der Waals surface area (Å²) < 4.78 is 118. The van der Waals surface area contributed by atoms with Gasteiger partial charge in [-0.05, 0) is 63.7 Å². The van der Waals surface area contributed by atoms with Gasteiger partial charge >= 0.3 is 12.4 Å². The van der Waals surface area contributed by atoms with E-state index < -0.39 is 92.8 Å². The molecule has 3 aromatic rings. The molecule has 1 saturated carbocycles. The van der Waals surface area contributed by atoms with Crippen LogP contribution in [0.15, 0.2) is 54.1 Å². The van der Waals surface area contributed by atoms with Crippen LogP contribution in [-0.2, 0) is 28.5 Å². The first-order chi connectivity index (χ1) is 24.6. The molecule has 10 nitrogen and oxygen atoms in total. The quantitative estimate of drug-likeness (QED) is 0.168. The summed E-state index contributed by atoms with van der Waals surface area (Å²) in [6, 6.07) is 4.60. The second kappa shape index (κ2) is 14.2. The van der Waals surface area contributed by atoms with Gasteiger partial charge in [-0.1, -0.05) is 19.9 Å². The highest BCUT2D eigenvalue weighted by Gasteiger charge is 2.55. The molecule has 53 heavy (non-hydrogen) atoms. The summed E-state index contributed by atoms with van der Waals surface area (Å²) in [5.74, 6) is -6.14. The maximum Gasteiger partial charge on any atom is 0.433 e. The molecular formula is C35H36F8N6O4. The van der Waals surface area contributed by atoms with Crippen molar-refractivity contribution in [2.45, 2.75) is 57.5 Å². The molecule has 0 saturated heterocycles. The molecule has 2 aliphatic rings. The van der Waals surface area contributed by atoms with Crippen LogP contribution in [0.25, 0.3) is 11.3 Å². The number of aromatic nitrogens is 2. The number of amides is 2. The van der Waals surface area contributed by atoms with Gasteiger partial charge in [-0.2, -0.15) is 30.7 Å². The van der Waals surface area contributed by atoms with Crippen LogP contribution >= 0.6 is 0 Å². The SMILES string of the molecule is CN(C)CC(C)(C)COc1ccc(CN2C(=O)C(C(=O)Nc3ccc(C(F)(F)F)cc3-c3cc(C(F)(F)F)ncn3)=C(O)C3(CCC3)N2C)c(F)c1F. The Morgan fingerprint density at radius 2 is 1.68 bits per heavy atom. The summed E-state index contributed by atoms with van der Waals surface area (Å²) >= 11 is 0. The Morgan fingerprint density at radius 1 is 1.00 bits per heavy atom. The third kappa shape index (κ3) is 7.93. The number of hydrazine groups is 1. The molecular weight excluding hydrogens is 720 g/mol. The van der Waals surface area contributed by atoms with Crippen LogP contribution in [0.2, 0.25) is 0 Å². The summed E-state index contributed by atoms with van der Waals surface area (Å²) in [4.78, 5) is 36.5. The van der Waals surface area contributed by atoms with E-state index in [1.54, 1.807) is 0 Å². The summed E-state index contributed by atoms with van der Waals surface area (Å²) in [6.07, 6.45) is -8.43. The fourth-order valence-corrected chi connectivity index (χ4v) is 6.47. The van der Waals surface area contributed by atoms with Crippen LogP contribution in [0, 0.1) is 17.0 Å². The molecule has 2 N–H and O–H groups in total. The highest BCUT2D eigenvalue weighted by molar-refractivity contribution is 6.24. The molecule has 2 aromatic carbocycles. The normalized spacial score (nSPS) is 16.7. The molecule has 5 rings (SSSR count). The number of hydrogen-bond donors (Lipinski definition) is 2. The maximum absolute atomic E-state index is 15.5. The van der Waals surface area contributed by atoms with Crippen molar-refractivity contribution in [3.63, 3.8) is 0 Å². The lowest BCUT2D eigenvalue weighted by Gasteiger charge is -2.54. The average Bonchev–Trinajstić information content (AvgIpc) is 3.02. The standard InChI is InChI=1S/C35H36F8N6O4/c1-32(2,16-47(3)4)17-53-24-10-7-19(27(36)28(24)37)15-49-31(52)26(29(50)33(48(49)5)11-6-12-33)30(51)46-22-9-8-20(34(38,39)40)13-21(22)23-14-25(35(41,42)43)45-18-44-23/h7-10,13-14,18,50H,6,11-12,15-17H2,1-5H3,(H,46,51). The van der Waals surface area contributed by atoms with Gasteiger partial charge < -0.3 is 20.1 Å². The smallest absolute Gasteiger partial charge is 0.433 e. The maximum atomic E-state index is 15.5. The number of alkyl halides is 6. The first-order valence-electron chi connectivity index (χ1n) is 16.2.